The Bertz CT molecular complexity index is 3040. The first kappa shape index (κ1) is 27.4. The van der Waals surface area contributed by atoms with E-state index in [1.54, 1.807) is 0 Å². The molecule has 0 aliphatic heterocycles. The zero-order valence-electron chi connectivity index (χ0n) is 25.8. The van der Waals surface area contributed by atoms with Gasteiger partial charge in [0.1, 0.15) is 0 Å². The van der Waals surface area contributed by atoms with Crippen LogP contribution < -0.4 is 0 Å². The fourth-order valence-corrected chi connectivity index (χ4v) is 11.1. The highest BCUT2D eigenvalue weighted by molar-refractivity contribution is 7.31. The first-order valence-corrected chi connectivity index (χ1v) is 18.6. The van der Waals surface area contributed by atoms with Crippen molar-refractivity contribution in [1.29, 1.82) is 0 Å². The summed E-state index contributed by atoms with van der Waals surface area (Å²) in [4.78, 5) is 15.3. The molecular formula is C43H23N3S3. The molecule has 0 saturated carbocycles. The minimum Gasteiger partial charge on any atom is -0.208 e. The first-order chi connectivity index (χ1) is 24.3. The molecule has 11 aromatic rings. The second-order valence-electron chi connectivity index (χ2n) is 12.3. The Balaban J connectivity index is 1.31. The van der Waals surface area contributed by atoms with Gasteiger partial charge in [-0.05, 0) is 24.3 Å². The summed E-state index contributed by atoms with van der Waals surface area (Å²) >= 11 is 5.67. The molecule has 11 rings (SSSR count). The quantitative estimate of drug-likeness (QED) is 0.187. The third-order valence-corrected chi connectivity index (χ3v) is 13.0. The SMILES string of the molecule is c1ccc(-c2nc(-c3ccccc3)nc(-c3cccc4sc5c6ccc7sc8ccccc8c7c6c6c7ccccc7sc6c5c34)n2)cc1. The molecule has 0 radical (unpaired) electrons. The Morgan fingerprint density at radius 2 is 0.857 bits per heavy atom. The lowest BCUT2D eigenvalue weighted by Gasteiger charge is -2.10. The van der Waals surface area contributed by atoms with E-state index in [0.717, 1.165) is 16.7 Å². The number of fused-ring (bicyclic) bond motifs is 14. The van der Waals surface area contributed by atoms with E-state index in [1.165, 1.54) is 71.3 Å². The van der Waals surface area contributed by atoms with Crippen LogP contribution in [0.1, 0.15) is 0 Å². The highest BCUT2D eigenvalue weighted by atomic mass is 32.1. The highest BCUT2D eigenvalue weighted by Gasteiger charge is 2.24. The van der Waals surface area contributed by atoms with Crippen LogP contribution >= 0.6 is 34.0 Å². The summed E-state index contributed by atoms with van der Waals surface area (Å²) in [7, 11) is 0. The summed E-state index contributed by atoms with van der Waals surface area (Å²) in [5, 5.41) is 10.5. The average molecular weight is 678 g/mol. The van der Waals surface area contributed by atoms with Crippen molar-refractivity contribution in [2.24, 2.45) is 0 Å². The smallest absolute Gasteiger partial charge is 0.164 e. The van der Waals surface area contributed by atoms with Crippen molar-refractivity contribution in [2.45, 2.75) is 0 Å². The van der Waals surface area contributed by atoms with Gasteiger partial charge in [-0.3, -0.25) is 0 Å². The summed E-state index contributed by atoms with van der Waals surface area (Å²) in [6.07, 6.45) is 0. The van der Waals surface area contributed by atoms with E-state index in [0.29, 0.717) is 17.5 Å². The normalized spacial score (nSPS) is 12.1. The lowest BCUT2D eigenvalue weighted by molar-refractivity contribution is 1.08. The molecular weight excluding hydrogens is 655 g/mol. The number of rotatable bonds is 3. The minimum absolute atomic E-state index is 0.671. The van der Waals surface area contributed by atoms with E-state index < -0.39 is 0 Å². The molecule has 0 spiro atoms. The monoisotopic (exact) mass is 677 g/mol. The summed E-state index contributed by atoms with van der Waals surface area (Å²) < 4.78 is 7.84. The van der Waals surface area contributed by atoms with Crippen LogP contribution in [-0.4, -0.2) is 15.0 Å². The van der Waals surface area contributed by atoms with Crippen molar-refractivity contribution in [2.75, 3.05) is 0 Å². The molecule has 228 valence electrons. The fourth-order valence-electron chi connectivity index (χ4n) is 7.41. The van der Waals surface area contributed by atoms with Crippen molar-refractivity contribution in [3.05, 3.63) is 140 Å². The van der Waals surface area contributed by atoms with Gasteiger partial charge < -0.3 is 0 Å². The van der Waals surface area contributed by atoms with Crippen LogP contribution in [0.5, 0.6) is 0 Å². The van der Waals surface area contributed by atoms with Crippen LogP contribution in [-0.2, 0) is 0 Å². The largest absolute Gasteiger partial charge is 0.208 e. The Kier molecular flexibility index (Phi) is 5.87. The molecule has 0 fully saturated rings. The molecule has 3 nitrogen and oxygen atoms in total. The molecule has 0 aliphatic carbocycles. The van der Waals surface area contributed by atoms with Gasteiger partial charge in [-0.15, -0.1) is 34.0 Å². The van der Waals surface area contributed by atoms with E-state index in [9.17, 15) is 0 Å². The number of aromatic nitrogens is 3. The molecule has 4 heterocycles. The van der Waals surface area contributed by atoms with E-state index >= 15 is 0 Å². The molecule has 0 bridgehead atoms. The maximum Gasteiger partial charge on any atom is 0.164 e. The van der Waals surface area contributed by atoms with Crippen LogP contribution in [0.4, 0.5) is 0 Å². The van der Waals surface area contributed by atoms with Gasteiger partial charge in [-0.1, -0.05) is 115 Å². The second-order valence-corrected chi connectivity index (χ2v) is 15.5. The molecule has 0 saturated heterocycles. The molecule has 4 aromatic heterocycles. The number of hydrogen-bond donors (Lipinski definition) is 0. The van der Waals surface area contributed by atoms with Crippen molar-refractivity contribution in [3.63, 3.8) is 0 Å². The molecule has 7 aromatic carbocycles. The molecule has 0 amide bonds. The Morgan fingerprint density at radius 3 is 1.57 bits per heavy atom. The average Bonchev–Trinajstić information content (AvgIpc) is 3.87. The lowest BCUT2D eigenvalue weighted by atomic mass is 9.95. The van der Waals surface area contributed by atoms with E-state index in [1.807, 2.05) is 70.4 Å². The van der Waals surface area contributed by atoms with E-state index in [2.05, 4.69) is 103 Å². The standard InChI is InChI=1S/C43H23N3S3/c1-3-12-24(13-4-1)41-44-42(25-14-5-2-6-15-25)46-43(45-41)29-18-11-21-32-35(29)38-39(49-32)28-22-23-33-34(26-16-7-9-19-30(26)47-33)36(28)37-27-17-8-10-20-31(27)48-40(37)38/h1-23H. The van der Waals surface area contributed by atoms with Gasteiger partial charge in [-0.2, -0.15) is 0 Å². The molecule has 0 atom stereocenters. The van der Waals surface area contributed by atoms with E-state index in [4.69, 9.17) is 15.0 Å². The van der Waals surface area contributed by atoms with Crippen LogP contribution in [0.3, 0.4) is 0 Å². The molecule has 0 N–H and O–H groups in total. The van der Waals surface area contributed by atoms with Crippen LogP contribution in [0.25, 0.3) is 105 Å². The zero-order valence-corrected chi connectivity index (χ0v) is 28.3. The van der Waals surface area contributed by atoms with Crippen LogP contribution in [0.15, 0.2) is 140 Å². The van der Waals surface area contributed by atoms with Gasteiger partial charge >= 0.3 is 0 Å². The number of nitrogens with zero attached hydrogens (tertiary/aromatic N) is 3. The topological polar surface area (TPSA) is 38.7 Å². The summed E-state index contributed by atoms with van der Waals surface area (Å²) in [6.45, 7) is 0. The Hall–Kier alpha value is -5.53. The van der Waals surface area contributed by atoms with Crippen LogP contribution in [0.2, 0.25) is 0 Å². The van der Waals surface area contributed by atoms with Gasteiger partial charge in [0.15, 0.2) is 17.5 Å². The third kappa shape index (κ3) is 4.02. The predicted octanol–water partition coefficient (Wildman–Crippen LogP) is 13.1. The van der Waals surface area contributed by atoms with Crippen molar-refractivity contribution >= 4 is 105 Å². The van der Waals surface area contributed by atoms with Gasteiger partial charge in [0.05, 0.1) is 0 Å². The van der Waals surface area contributed by atoms with Gasteiger partial charge in [0, 0.05) is 88.0 Å². The maximum absolute atomic E-state index is 5.18. The van der Waals surface area contributed by atoms with Gasteiger partial charge in [0.25, 0.3) is 0 Å². The predicted molar refractivity (Wildman–Crippen MR) is 212 cm³/mol. The minimum atomic E-state index is 0.671. The lowest BCUT2D eigenvalue weighted by Crippen LogP contribution is -2.00. The van der Waals surface area contributed by atoms with E-state index in [-0.39, 0.29) is 0 Å². The summed E-state index contributed by atoms with van der Waals surface area (Å²) in [6, 6.07) is 49.5. The van der Waals surface area contributed by atoms with Gasteiger partial charge in [-0.25, -0.2) is 15.0 Å². The van der Waals surface area contributed by atoms with Crippen molar-refractivity contribution < 1.29 is 0 Å². The number of benzene rings is 7. The molecule has 6 heteroatoms. The summed E-state index contributed by atoms with van der Waals surface area (Å²) in [5.41, 5.74) is 2.96. The Labute approximate surface area is 292 Å². The third-order valence-electron chi connectivity index (χ3n) is 9.52. The fraction of sp³-hybridized carbons (Fsp3) is 0. The zero-order chi connectivity index (χ0) is 32.1. The number of hydrogen-bond acceptors (Lipinski definition) is 6. The highest BCUT2D eigenvalue weighted by Crippen LogP contribution is 2.53. The van der Waals surface area contributed by atoms with Gasteiger partial charge in [0.2, 0.25) is 0 Å². The maximum atomic E-state index is 5.18. The first-order valence-electron chi connectivity index (χ1n) is 16.2. The summed E-state index contributed by atoms with van der Waals surface area (Å²) in [5.74, 6) is 2.03. The van der Waals surface area contributed by atoms with Crippen LogP contribution in [0, 0.1) is 0 Å². The van der Waals surface area contributed by atoms with Crippen molar-refractivity contribution in [1.82, 2.24) is 15.0 Å². The number of thiophene rings is 3. The Morgan fingerprint density at radius 1 is 0.306 bits per heavy atom. The second kappa shape index (κ2) is 10.5. The molecule has 0 unspecified atom stereocenters. The van der Waals surface area contributed by atoms with Crippen molar-refractivity contribution in [3.8, 4) is 34.2 Å². The molecule has 0 aliphatic rings. The molecule has 49 heavy (non-hydrogen) atoms.